The third kappa shape index (κ3) is 3.52. The molecule has 2 saturated carbocycles. The van der Waals surface area contributed by atoms with Crippen molar-refractivity contribution >= 4 is 17.5 Å². The van der Waals surface area contributed by atoms with E-state index in [2.05, 4.69) is 9.67 Å². The first-order chi connectivity index (χ1) is 17.1. The van der Waals surface area contributed by atoms with Crippen molar-refractivity contribution in [2.75, 3.05) is 4.90 Å². The van der Waals surface area contributed by atoms with E-state index in [1.807, 2.05) is 12.1 Å². The molecule has 9 nitrogen and oxygen atoms in total. The third-order valence-electron chi connectivity index (χ3n) is 8.14. The van der Waals surface area contributed by atoms with Gasteiger partial charge in [-0.25, -0.2) is 4.68 Å². The van der Waals surface area contributed by atoms with E-state index >= 15 is 0 Å². The lowest BCUT2D eigenvalue weighted by atomic mass is 9.64. The summed E-state index contributed by atoms with van der Waals surface area (Å²) in [6, 6.07) is 9.80. The normalized spacial score (nSPS) is 22.9. The molecule has 0 radical (unpaired) electrons. The van der Waals surface area contributed by atoms with Crippen molar-refractivity contribution in [3.8, 4) is 11.4 Å². The first kappa shape index (κ1) is 21.9. The molecule has 6 rings (SSSR count). The van der Waals surface area contributed by atoms with Gasteiger partial charge in [-0.1, -0.05) is 38.2 Å². The fourth-order valence-corrected chi connectivity index (χ4v) is 6.61. The van der Waals surface area contributed by atoms with Crippen LogP contribution in [0.1, 0.15) is 68.1 Å². The van der Waals surface area contributed by atoms with Crippen molar-refractivity contribution in [1.82, 2.24) is 19.7 Å². The second-order valence-corrected chi connectivity index (χ2v) is 9.99. The molecule has 3 aromatic rings. The Kier molecular flexibility index (Phi) is 5.35. The number of non-ortho nitro benzene ring substituents is 1. The Morgan fingerprint density at radius 2 is 1.89 bits per heavy atom. The highest BCUT2D eigenvalue weighted by atomic mass is 16.6. The Hall–Kier alpha value is -3.62. The molecule has 3 aliphatic rings. The van der Waals surface area contributed by atoms with Crippen molar-refractivity contribution in [1.29, 1.82) is 0 Å². The summed E-state index contributed by atoms with van der Waals surface area (Å²) in [6.07, 6.45) is 13.2. The first-order valence-corrected chi connectivity index (χ1v) is 12.5. The summed E-state index contributed by atoms with van der Waals surface area (Å²) in [7, 11) is 0. The van der Waals surface area contributed by atoms with Crippen molar-refractivity contribution in [2.45, 2.75) is 69.4 Å². The summed E-state index contributed by atoms with van der Waals surface area (Å²) in [4.78, 5) is 35.9. The summed E-state index contributed by atoms with van der Waals surface area (Å²) in [5.41, 5.74) is 0.881. The molecule has 3 heterocycles. The predicted octanol–water partition coefficient (Wildman–Crippen LogP) is 5.13. The van der Waals surface area contributed by atoms with E-state index in [-0.39, 0.29) is 29.1 Å². The van der Waals surface area contributed by atoms with Crippen molar-refractivity contribution < 1.29 is 9.72 Å². The van der Waals surface area contributed by atoms with Crippen LogP contribution in [-0.2, 0) is 5.54 Å². The van der Waals surface area contributed by atoms with Crippen molar-refractivity contribution in [2.24, 2.45) is 5.92 Å². The SMILES string of the molecule is O=C(c1cccc([N+](=O)[O-])c1)N1c2nc(-c3cccnc3)nn2C2(CCCCC2)[C@@H]2CCCC[C@@H]21. The van der Waals surface area contributed by atoms with Crippen LogP contribution in [0.2, 0.25) is 0 Å². The van der Waals surface area contributed by atoms with Crippen LogP contribution in [-0.4, -0.2) is 36.6 Å². The molecule has 1 spiro atoms. The number of pyridine rings is 1. The molecule has 2 aliphatic carbocycles. The molecule has 1 amide bonds. The fourth-order valence-electron chi connectivity index (χ4n) is 6.61. The van der Waals surface area contributed by atoms with E-state index < -0.39 is 4.92 Å². The Balaban J connectivity index is 1.53. The number of carbonyl (C=O) groups excluding carboxylic acids is 1. The van der Waals surface area contributed by atoms with Gasteiger partial charge >= 0.3 is 0 Å². The quantitative estimate of drug-likeness (QED) is 0.386. The summed E-state index contributed by atoms with van der Waals surface area (Å²) >= 11 is 0. The van der Waals surface area contributed by atoms with E-state index in [1.54, 1.807) is 29.4 Å². The maximum absolute atomic E-state index is 14.0. The topological polar surface area (TPSA) is 107 Å². The molecule has 2 aromatic heterocycles. The molecule has 0 N–H and O–H groups in total. The van der Waals surface area contributed by atoms with Crippen molar-refractivity contribution in [3.05, 3.63) is 64.5 Å². The van der Waals surface area contributed by atoms with Crippen LogP contribution in [0.4, 0.5) is 11.6 Å². The summed E-state index contributed by atoms with van der Waals surface area (Å²) in [6.45, 7) is 0. The van der Waals surface area contributed by atoms with Crippen LogP contribution < -0.4 is 4.90 Å². The second-order valence-electron chi connectivity index (χ2n) is 9.99. The van der Waals surface area contributed by atoms with Crippen molar-refractivity contribution in [3.63, 3.8) is 0 Å². The minimum Gasteiger partial charge on any atom is -0.273 e. The lowest BCUT2D eigenvalue weighted by Crippen LogP contribution is -2.61. The van der Waals surface area contributed by atoms with Crippen LogP contribution in [0.15, 0.2) is 48.8 Å². The van der Waals surface area contributed by atoms with Gasteiger partial charge in [0, 0.05) is 47.6 Å². The number of hydrogen-bond donors (Lipinski definition) is 0. The molecule has 9 heteroatoms. The van der Waals surface area contributed by atoms with Crippen LogP contribution in [0.25, 0.3) is 11.4 Å². The van der Waals surface area contributed by atoms with Gasteiger partial charge in [0.05, 0.1) is 10.5 Å². The van der Waals surface area contributed by atoms with Gasteiger partial charge in [0.2, 0.25) is 5.95 Å². The van der Waals surface area contributed by atoms with E-state index in [9.17, 15) is 14.9 Å². The summed E-state index contributed by atoms with van der Waals surface area (Å²) < 4.78 is 2.05. The minimum absolute atomic E-state index is 0.00654. The van der Waals surface area contributed by atoms with Gasteiger partial charge in [0.15, 0.2) is 5.82 Å². The number of carbonyl (C=O) groups is 1. The summed E-state index contributed by atoms with van der Waals surface area (Å²) in [5, 5.41) is 16.4. The number of nitro groups is 1. The molecule has 0 bridgehead atoms. The molecule has 1 aromatic carbocycles. The molecular formula is C26H28N6O3. The largest absolute Gasteiger partial charge is 0.273 e. The molecule has 1 aliphatic heterocycles. The van der Waals surface area contributed by atoms with Crippen LogP contribution in [0.3, 0.4) is 0 Å². The molecule has 180 valence electrons. The highest BCUT2D eigenvalue weighted by Gasteiger charge is 2.55. The monoisotopic (exact) mass is 472 g/mol. The summed E-state index contributed by atoms with van der Waals surface area (Å²) in [5.74, 6) is 1.16. The van der Waals surface area contributed by atoms with Gasteiger partial charge in [-0.15, -0.1) is 5.10 Å². The van der Waals surface area contributed by atoms with E-state index in [1.165, 1.54) is 18.6 Å². The maximum Gasteiger partial charge on any atom is 0.270 e. The lowest BCUT2D eigenvalue weighted by molar-refractivity contribution is -0.384. The molecule has 0 saturated heterocycles. The van der Waals surface area contributed by atoms with Gasteiger partial charge in [0.25, 0.3) is 11.6 Å². The molecule has 2 fully saturated rings. The number of aromatic nitrogens is 4. The molecule has 2 atom stereocenters. The predicted molar refractivity (Wildman–Crippen MR) is 130 cm³/mol. The average molecular weight is 473 g/mol. The number of rotatable bonds is 3. The Bertz CT molecular complexity index is 1270. The number of fused-ring (bicyclic) bond motifs is 4. The maximum atomic E-state index is 14.0. The Morgan fingerprint density at radius 3 is 2.66 bits per heavy atom. The van der Waals surface area contributed by atoms with Gasteiger partial charge in [0.1, 0.15) is 0 Å². The smallest absolute Gasteiger partial charge is 0.270 e. The number of hydrogen-bond acceptors (Lipinski definition) is 6. The second kappa shape index (κ2) is 8.55. The number of nitro benzene ring substituents is 1. The zero-order chi connectivity index (χ0) is 24.0. The van der Waals surface area contributed by atoms with Gasteiger partial charge in [-0.2, -0.15) is 4.98 Å². The first-order valence-electron chi connectivity index (χ1n) is 12.5. The molecular weight excluding hydrogens is 444 g/mol. The van der Waals surface area contributed by atoms with Gasteiger partial charge in [-0.05, 0) is 43.9 Å². The highest BCUT2D eigenvalue weighted by molar-refractivity contribution is 6.06. The highest BCUT2D eigenvalue weighted by Crippen LogP contribution is 2.53. The van der Waals surface area contributed by atoms with E-state index in [0.717, 1.165) is 56.9 Å². The third-order valence-corrected chi connectivity index (χ3v) is 8.14. The average Bonchev–Trinajstić information content (AvgIpc) is 3.36. The van der Waals surface area contributed by atoms with Crippen LogP contribution >= 0.6 is 0 Å². The van der Waals surface area contributed by atoms with E-state index in [4.69, 9.17) is 10.1 Å². The van der Waals surface area contributed by atoms with Gasteiger partial charge < -0.3 is 0 Å². The van der Waals surface area contributed by atoms with Gasteiger partial charge in [-0.3, -0.25) is 24.8 Å². The standard InChI is InChI=1S/C26H28N6O3/c33-24(18-8-6-10-20(16-18)32(34)35)30-22-12-3-2-11-21(22)26(13-4-1-5-14-26)31-25(30)28-23(29-31)19-9-7-15-27-17-19/h6-10,15-17,21-22H,1-5,11-14H2/t21-,22+/m1/s1. The zero-order valence-corrected chi connectivity index (χ0v) is 19.5. The van der Waals surface area contributed by atoms with E-state index in [0.29, 0.717) is 17.3 Å². The fraction of sp³-hybridized carbons (Fsp3) is 0.462. The Morgan fingerprint density at radius 1 is 1.06 bits per heavy atom. The number of benzene rings is 1. The number of nitrogens with zero attached hydrogens (tertiary/aromatic N) is 6. The number of anilines is 1. The van der Waals surface area contributed by atoms with Crippen LogP contribution in [0, 0.1) is 16.0 Å². The molecule has 0 unspecified atom stereocenters. The number of amides is 1. The Labute approximate surface area is 203 Å². The minimum atomic E-state index is -0.462. The zero-order valence-electron chi connectivity index (χ0n) is 19.5. The molecule has 35 heavy (non-hydrogen) atoms. The van der Waals surface area contributed by atoms with Crippen LogP contribution in [0.5, 0.6) is 0 Å². The lowest BCUT2D eigenvalue weighted by Gasteiger charge is -2.55.